The standard InChI is InChI=1S/C22H29NO4/c1-16-9-10-20(21(13-16)26-3)27-12-11-22(25)23-15-19(14-17(2)24)18-7-5-4-6-8-18/h4-10,13,17,19,24H,11-12,14-15H2,1-3H3,(H,23,25)/t17-,19+/m0/s1. The largest absolute Gasteiger partial charge is 0.493 e. The molecule has 2 aromatic rings. The zero-order valence-corrected chi connectivity index (χ0v) is 16.3. The Hall–Kier alpha value is -2.53. The number of hydrogen-bond acceptors (Lipinski definition) is 4. The van der Waals surface area contributed by atoms with Gasteiger partial charge in [-0.05, 0) is 43.5 Å². The third-order valence-electron chi connectivity index (χ3n) is 4.35. The first-order chi connectivity index (χ1) is 13.0. The monoisotopic (exact) mass is 371 g/mol. The maximum Gasteiger partial charge on any atom is 0.223 e. The number of aliphatic hydroxyl groups excluding tert-OH is 1. The van der Waals surface area contributed by atoms with E-state index in [4.69, 9.17) is 9.47 Å². The molecule has 27 heavy (non-hydrogen) atoms. The topological polar surface area (TPSA) is 67.8 Å². The molecule has 0 unspecified atom stereocenters. The zero-order chi connectivity index (χ0) is 19.6. The van der Waals surface area contributed by atoms with Gasteiger partial charge < -0.3 is 19.9 Å². The Morgan fingerprint density at radius 2 is 1.89 bits per heavy atom. The maximum atomic E-state index is 12.2. The van der Waals surface area contributed by atoms with Gasteiger partial charge in [-0.3, -0.25) is 4.79 Å². The molecule has 0 aliphatic heterocycles. The molecule has 0 fully saturated rings. The number of methoxy groups -OCH3 is 1. The Balaban J connectivity index is 1.82. The summed E-state index contributed by atoms with van der Waals surface area (Å²) in [6.07, 6.45) is 0.429. The average Bonchev–Trinajstić information content (AvgIpc) is 2.66. The van der Waals surface area contributed by atoms with Crippen LogP contribution in [0.4, 0.5) is 0 Å². The molecule has 2 N–H and O–H groups in total. The SMILES string of the molecule is COc1cc(C)ccc1OCCC(=O)NC[C@@H](C[C@H](C)O)c1ccccc1. The molecular formula is C22H29NO4. The summed E-state index contributed by atoms with van der Waals surface area (Å²) in [4.78, 5) is 12.2. The van der Waals surface area contributed by atoms with Crippen molar-refractivity contribution in [1.82, 2.24) is 5.32 Å². The first-order valence-corrected chi connectivity index (χ1v) is 9.26. The summed E-state index contributed by atoms with van der Waals surface area (Å²) >= 11 is 0. The molecule has 0 aromatic heterocycles. The number of aliphatic hydroxyl groups is 1. The molecule has 5 nitrogen and oxygen atoms in total. The highest BCUT2D eigenvalue weighted by Gasteiger charge is 2.15. The Bertz CT molecular complexity index is 716. The van der Waals surface area contributed by atoms with Crippen molar-refractivity contribution >= 4 is 5.91 Å². The number of nitrogens with one attached hydrogen (secondary N) is 1. The van der Waals surface area contributed by atoms with Crippen LogP contribution in [0.25, 0.3) is 0 Å². The van der Waals surface area contributed by atoms with E-state index < -0.39 is 6.10 Å². The van der Waals surface area contributed by atoms with Crippen LogP contribution in [-0.4, -0.2) is 37.4 Å². The number of aryl methyl sites for hydroxylation is 1. The molecule has 0 aliphatic carbocycles. The summed E-state index contributed by atoms with van der Waals surface area (Å²) in [5.41, 5.74) is 2.20. The normalized spacial score (nSPS) is 12.9. The first kappa shape index (κ1) is 20.8. The van der Waals surface area contributed by atoms with Crippen LogP contribution in [0, 0.1) is 6.92 Å². The van der Waals surface area contributed by atoms with E-state index in [2.05, 4.69) is 5.32 Å². The number of hydrogen-bond donors (Lipinski definition) is 2. The van der Waals surface area contributed by atoms with Gasteiger partial charge >= 0.3 is 0 Å². The molecule has 0 radical (unpaired) electrons. The second-order valence-electron chi connectivity index (χ2n) is 6.75. The quantitative estimate of drug-likeness (QED) is 0.671. The average molecular weight is 371 g/mol. The number of rotatable bonds is 10. The van der Waals surface area contributed by atoms with E-state index >= 15 is 0 Å². The van der Waals surface area contributed by atoms with Gasteiger partial charge in [0, 0.05) is 12.5 Å². The van der Waals surface area contributed by atoms with Gasteiger partial charge in [0.2, 0.25) is 5.91 Å². The third-order valence-corrected chi connectivity index (χ3v) is 4.35. The van der Waals surface area contributed by atoms with E-state index in [9.17, 15) is 9.90 Å². The zero-order valence-electron chi connectivity index (χ0n) is 16.3. The van der Waals surface area contributed by atoms with Crippen molar-refractivity contribution in [3.05, 3.63) is 59.7 Å². The molecule has 0 bridgehead atoms. The molecule has 2 aromatic carbocycles. The number of carbonyl (C=O) groups is 1. The van der Waals surface area contributed by atoms with E-state index in [1.165, 1.54) is 0 Å². The number of amides is 1. The van der Waals surface area contributed by atoms with Crippen LogP contribution in [0.5, 0.6) is 11.5 Å². The van der Waals surface area contributed by atoms with Gasteiger partial charge in [0.1, 0.15) is 0 Å². The lowest BCUT2D eigenvalue weighted by Crippen LogP contribution is -2.30. The molecule has 5 heteroatoms. The van der Waals surface area contributed by atoms with Gasteiger partial charge in [0.15, 0.2) is 11.5 Å². The third kappa shape index (κ3) is 6.94. The van der Waals surface area contributed by atoms with Crippen LogP contribution in [0.2, 0.25) is 0 Å². The van der Waals surface area contributed by atoms with Gasteiger partial charge in [-0.25, -0.2) is 0 Å². The van der Waals surface area contributed by atoms with Crippen LogP contribution >= 0.6 is 0 Å². The van der Waals surface area contributed by atoms with Crippen LogP contribution in [0.15, 0.2) is 48.5 Å². The van der Waals surface area contributed by atoms with Gasteiger partial charge in [-0.1, -0.05) is 36.4 Å². The number of ether oxygens (including phenoxy) is 2. The summed E-state index contributed by atoms with van der Waals surface area (Å²) in [5, 5.41) is 12.7. The van der Waals surface area contributed by atoms with Crippen molar-refractivity contribution in [2.24, 2.45) is 0 Å². The Kier molecular flexibility index (Phi) is 8.14. The fourth-order valence-electron chi connectivity index (χ4n) is 2.95. The van der Waals surface area contributed by atoms with E-state index in [1.54, 1.807) is 14.0 Å². The van der Waals surface area contributed by atoms with Crippen LogP contribution in [-0.2, 0) is 4.79 Å². The van der Waals surface area contributed by atoms with Gasteiger partial charge in [-0.15, -0.1) is 0 Å². The highest BCUT2D eigenvalue weighted by atomic mass is 16.5. The molecule has 1 amide bonds. The van der Waals surface area contributed by atoms with E-state index in [0.29, 0.717) is 24.5 Å². The predicted octanol–water partition coefficient (Wildman–Crippen LogP) is 3.44. The summed E-state index contributed by atoms with van der Waals surface area (Å²) in [5.74, 6) is 1.30. The highest BCUT2D eigenvalue weighted by molar-refractivity contribution is 5.76. The fourth-order valence-corrected chi connectivity index (χ4v) is 2.95. The fraction of sp³-hybridized carbons (Fsp3) is 0.409. The van der Waals surface area contributed by atoms with Crippen molar-refractivity contribution in [3.8, 4) is 11.5 Å². The molecule has 0 aliphatic rings. The van der Waals surface area contributed by atoms with Crippen molar-refractivity contribution in [1.29, 1.82) is 0 Å². The minimum atomic E-state index is -0.426. The Morgan fingerprint density at radius 3 is 2.56 bits per heavy atom. The molecule has 0 saturated heterocycles. The lowest BCUT2D eigenvalue weighted by molar-refractivity contribution is -0.121. The second kappa shape index (κ2) is 10.6. The van der Waals surface area contributed by atoms with Crippen LogP contribution in [0.3, 0.4) is 0 Å². The summed E-state index contributed by atoms with van der Waals surface area (Å²) in [7, 11) is 1.60. The smallest absolute Gasteiger partial charge is 0.223 e. The molecule has 0 saturated carbocycles. The summed E-state index contributed by atoms with van der Waals surface area (Å²) in [6, 6.07) is 15.6. The van der Waals surface area contributed by atoms with Crippen molar-refractivity contribution in [2.45, 2.75) is 38.7 Å². The van der Waals surface area contributed by atoms with E-state index in [-0.39, 0.29) is 24.9 Å². The maximum absolute atomic E-state index is 12.2. The van der Waals surface area contributed by atoms with Crippen molar-refractivity contribution < 1.29 is 19.4 Å². The Morgan fingerprint density at radius 1 is 1.15 bits per heavy atom. The molecule has 146 valence electrons. The molecule has 0 spiro atoms. The van der Waals surface area contributed by atoms with Crippen molar-refractivity contribution in [2.75, 3.05) is 20.3 Å². The summed E-state index contributed by atoms with van der Waals surface area (Å²) < 4.78 is 11.0. The van der Waals surface area contributed by atoms with E-state index in [1.807, 2.05) is 55.5 Å². The Labute approximate surface area is 161 Å². The number of carbonyl (C=O) groups excluding carboxylic acids is 1. The van der Waals surface area contributed by atoms with Gasteiger partial charge in [-0.2, -0.15) is 0 Å². The number of benzene rings is 2. The molecule has 0 heterocycles. The van der Waals surface area contributed by atoms with Gasteiger partial charge in [0.25, 0.3) is 0 Å². The molecular weight excluding hydrogens is 342 g/mol. The van der Waals surface area contributed by atoms with Gasteiger partial charge in [0.05, 0.1) is 26.2 Å². The van der Waals surface area contributed by atoms with Crippen molar-refractivity contribution in [3.63, 3.8) is 0 Å². The van der Waals surface area contributed by atoms with Crippen LogP contribution < -0.4 is 14.8 Å². The molecule has 2 atom stereocenters. The predicted molar refractivity (Wildman–Crippen MR) is 106 cm³/mol. The summed E-state index contributed by atoms with van der Waals surface area (Å²) in [6.45, 7) is 4.51. The van der Waals surface area contributed by atoms with Crippen LogP contribution in [0.1, 0.15) is 36.8 Å². The minimum absolute atomic E-state index is 0.0763. The minimum Gasteiger partial charge on any atom is -0.493 e. The molecule has 2 rings (SSSR count). The lowest BCUT2D eigenvalue weighted by atomic mass is 9.93. The first-order valence-electron chi connectivity index (χ1n) is 9.26. The van der Waals surface area contributed by atoms with E-state index in [0.717, 1.165) is 11.1 Å². The highest BCUT2D eigenvalue weighted by Crippen LogP contribution is 2.27. The second-order valence-corrected chi connectivity index (χ2v) is 6.75. The lowest BCUT2D eigenvalue weighted by Gasteiger charge is -2.19.